The molecule has 0 saturated carbocycles. The number of hydrogen-bond acceptors (Lipinski definition) is 4. The third-order valence-corrected chi connectivity index (χ3v) is 2.73. The van der Waals surface area contributed by atoms with Gasteiger partial charge in [-0.1, -0.05) is 13.0 Å². The lowest BCUT2D eigenvalue weighted by Crippen LogP contribution is -2.19. The Bertz CT molecular complexity index is 341. The average molecular weight is 239 g/mol. The number of aliphatic hydroxyl groups is 1. The van der Waals surface area contributed by atoms with Crippen LogP contribution >= 0.6 is 0 Å². The summed E-state index contributed by atoms with van der Waals surface area (Å²) in [7, 11) is 1.57. The number of aromatic hydroxyl groups is 1. The third kappa shape index (κ3) is 4.63. The van der Waals surface area contributed by atoms with Crippen LogP contribution < -0.4 is 10.1 Å². The summed E-state index contributed by atoms with van der Waals surface area (Å²) < 4.78 is 5.01. The number of benzene rings is 1. The van der Waals surface area contributed by atoms with E-state index in [0.717, 1.165) is 24.9 Å². The van der Waals surface area contributed by atoms with Crippen molar-refractivity contribution in [3.05, 3.63) is 23.8 Å². The number of hydrogen-bond donors (Lipinski definition) is 3. The topological polar surface area (TPSA) is 61.7 Å². The van der Waals surface area contributed by atoms with Crippen molar-refractivity contribution in [2.75, 3.05) is 13.7 Å². The van der Waals surface area contributed by atoms with Gasteiger partial charge in [0.25, 0.3) is 0 Å². The second kappa shape index (κ2) is 7.14. The summed E-state index contributed by atoms with van der Waals surface area (Å²) >= 11 is 0. The Kier molecular flexibility index (Phi) is 5.80. The second-order valence-electron chi connectivity index (χ2n) is 4.02. The van der Waals surface area contributed by atoms with Crippen LogP contribution in [0.4, 0.5) is 0 Å². The molecule has 1 aromatic rings. The lowest BCUT2D eigenvalue weighted by atomic mass is 10.1. The maximum Gasteiger partial charge on any atom is 0.123 e. The molecule has 0 aliphatic heterocycles. The number of nitrogens with one attached hydrogen (secondary N) is 1. The lowest BCUT2D eigenvalue weighted by Gasteiger charge is -2.10. The number of phenols is 1. The van der Waals surface area contributed by atoms with Crippen LogP contribution in [0.5, 0.6) is 11.5 Å². The first-order valence-electron chi connectivity index (χ1n) is 5.92. The summed E-state index contributed by atoms with van der Waals surface area (Å²) in [5.41, 5.74) is 0.830. The SMILES string of the molecule is CCC(O)CCNCc1ccc(OC)cc1O. The largest absolute Gasteiger partial charge is 0.507 e. The molecule has 0 amide bonds. The second-order valence-corrected chi connectivity index (χ2v) is 4.02. The molecule has 0 radical (unpaired) electrons. The fraction of sp³-hybridized carbons (Fsp3) is 0.538. The molecule has 0 aromatic heterocycles. The average Bonchev–Trinajstić information content (AvgIpc) is 2.35. The number of phenolic OH excluding ortho intramolecular Hbond substituents is 1. The van der Waals surface area contributed by atoms with Crippen molar-refractivity contribution in [3.8, 4) is 11.5 Å². The van der Waals surface area contributed by atoms with Crippen molar-refractivity contribution in [3.63, 3.8) is 0 Å². The number of ether oxygens (including phenoxy) is 1. The highest BCUT2D eigenvalue weighted by atomic mass is 16.5. The molecular weight excluding hydrogens is 218 g/mol. The molecule has 0 fully saturated rings. The third-order valence-electron chi connectivity index (χ3n) is 2.73. The van der Waals surface area contributed by atoms with E-state index in [-0.39, 0.29) is 11.9 Å². The first-order valence-corrected chi connectivity index (χ1v) is 5.92. The molecule has 4 heteroatoms. The van der Waals surface area contributed by atoms with Gasteiger partial charge in [-0.25, -0.2) is 0 Å². The van der Waals surface area contributed by atoms with Crippen LogP contribution in [0, 0.1) is 0 Å². The van der Waals surface area contributed by atoms with Crippen molar-refractivity contribution in [1.82, 2.24) is 5.32 Å². The summed E-state index contributed by atoms with van der Waals surface area (Å²) in [4.78, 5) is 0. The van der Waals surface area contributed by atoms with E-state index in [1.807, 2.05) is 19.1 Å². The molecule has 0 spiro atoms. The van der Waals surface area contributed by atoms with Crippen LogP contribution in [0.3, 0.4) is 0 Å². The van der Waals surface area contributed by atoms with Crippen LogP contribution in [0.25, 0.3) is 0 Å². The Morgan fingerprint density at radius 3 is 2.76 bits per heavy atom. The van der Waals surface area contributed by atoms with E-state index in [9.17, 15) is 10.2 Å². The molecule has 0 heterocycles. The van der Waals surface area contributed by atoms with Gasteiger partial charge in [0.15, 0.2) is 0 Å². The highest BCUT2D eigenvalue weighted by Gasteiger charge is 2.03. The van der Waals surface area contributed by atoms with Gasteiger partial charge >= 0.3 is 0 Å². The van der Waals surface area contributed by atoms with Gasteiger partial charge in [-0.05, 0) is 25.5 Å². The molecular formula is C13H21NO3. The van der Waals surface area contributed by atoms with Crippen LogP contribution in [0.1, 0.15) is 25.3 Å². The van der Waals surface area contributed by atoms with E-state index in [1.54, 1.807) is 13.2 Å². The molecule has 0 saturated heterocycles. The molecule has 1 rings (SSSR count). The van der Waals surface area contributed by atoms with E-state index < -0.39 is 0 Å². The Balaban J connectivity index is 2.36. The molecule has 1 unspecified atom stereocenters. The van der Waals surface area contributed by atoms with Crippen molar-refractivity contribution in [2.24, 2.45) is 0 Å². The number of aliphatic hydroxyl groups excluding tert-OH is 1. The van der Waals surface area contributed by atoms with Crippen molar-refractivity contribution >= 4 is 0 Å². The quantitative estimate of drug-likeness (QED) is 0.633. The minimum absolute atomic E-state index is 0.230. The molecule has 3 N–H and O–H groups in total. The van der Waals surface area contributed by atoms with E-state index in [0.29, 0.717) is 12.3 Å². The molecule has 4 nitrogen and oxygen atoms in total. The Morgan fingerprint density at radius 1 is 1.41 bits per heavy atom. The first kappa shape index (κ1) is 13.8. The van der Waals surface area contributed by atoms with E-state index in [2.05, 4.69) is 5.32 Å². The predicted octanol–water partition coefficient (Wildman–Crippen LogP) is 1.65. The normalized spacial score (nSPS) is 12.4. The van der Waals surface area contributed by atoms with E-state index in [1.165, 1.54) is 0 Å². The molecule has 0 bridgehead atoms. The van der Waals surface area contributed by atoms with Gasteiger partial charge in [-0.15, -0.1) is 0 Å². The van der Waals surface area contributed by atoms with Crippen LogP contribution in [0.15, 0.2) is 18.2 Å². The summed E-state index contributed by atoms with van der Waals surface area (Å²) in [6, 6.07) is 5.24. The number of methoxy groups -OCH3 is 1. The molecule has 0 aliphatic carbocycles. The Morgan fingerprint density at radius 2 is 2.18 bits per heavy atom. The minimum Gasteiger partial charge on any atom is -0.507 e. The first-order chi connectivity index (χ1) is 8.17. The van der Waals surface area contributed by atoms with Gasteiger partial charge in [0.05, 0.1) is 13.2 Å². The standard InChI is InChI=1S/C13H21NO3/c1-3-11(15)6-7-14-9-10-4-5-12(17-2)8-13(10)16/h4-5,8,11,14-16H,3,6-7,9H2,1-2H3. The van der Waals surface area contributed by atoms with Crippen LogP contribution in [0.2, 0.25) is 0 Å². The van der Waals surface area contributed by atoms with E-state index >= 15 is 0 Å². The molecule has 1 atom stereocenters. The zero-order valence-corrected chi connectivity index (χ0v) is 10.4. The maximum atomic E-state index is 9.71. The summed E-state index contributed by atoms with van der Waals surface area (Å²) in [5.74, 6) is 0.876. The van der Waals surface area contributed by atoms with Gasteiger partial charge in [-0.2, -0.15) is 0 Å². The highest BCUT2D eigenvalue weighted by Crippen LogP contribution is 2.22. The minimum atomic E-state index is -0.244. The Labute approximate surface area is 102 Å². The monoisotopic (exact) mass is 239 g/mol. The molecule has 17 heavy (non-hydrogen) atoms. The van der Waals surface area contributed by atoms with Crippen molar-refractivity contribution in [1.29, 1.82) is 0 Å². The van der Waals surface area contributed by atoms with Crippen molar-refractivity contribution < 1.29 is 14.9 Å². The molecule has 96 valence electrons. The Hall–Kier alpha value is -1.26. The molecule has 0 aliphatic rings. The van der Waals surface area contributed by atoms with Gasteiger partial charge in [0, 0.05) is 18.2 Å². The zero-order valence-electron chi connectivity index (χ0n) is 10.4. The fourth-order valence-electron chi connectivity index (χ4n) is 1.52. The van der Waals surface area contributed by atoms with Gasteiger partial charge < -0.3 is 20.3 Å². The van der Waals surface area contributed by atoms with Gasteiger partial charge in [-0.3, -0.25) is 0 Å². The highest BCUT2D eigenvalue weighted by molar-refractivity contribution is 5.39. The smallest absolute Gasteiger partial charge is 0.123 e. The predicted molar refractivity (Wildman–Crippen MR) is 67.3 cm³/mol. The maximum absolute atomic E-state index is 9.71. The van der Waals surface area contributed by atoms with Crippen molar-refractivity contribution in [2.45, 2.75) is 32.4 Å². The fourth-order valence-corrected chi connectivity index (χ4v) is 1.52. The summed E-state index contributed by atoms with van der Waals surface area (Å²) in [6.07, 6.45) is 1.26. The molecule has 1 aromatic carbocycles. The van der Waals surface area contributed by atoms with Crippen LogP contribution in [-0.4, -0.2) is 30.0 Å². The summed E-state index contributed by atoms with van der Waals surface area (Å²) in [5, 5.41) is 22.3. The van der Waals surface area contributed by atoms with Gasteiger partial charge in [0.1, 0.15) is 11.5 Å². The van der Waals surface area contributed by atoms with E-state index in [4.69, 9.17) is 4.74 Å². The number of rotatable bonds is 7. The zero-order chi connectivity index (χ0) is 12.7. The summed E-state index contributed by atoms with van der Waals surface area (Å²) in [6.45, 7) is 3.28. The lowest BCUT2D eigenvalue weighted by molar-refractivity contribution is 0.159. The van der Waals surface area contributed by atoms with Crippen LogP contribution in [-0.2, 0) is 6.54 Å². The van der Waals surface area contributed by atoms with Gasteiger partial charge in [0.2, 0.25) is 0 Å².